The molecule has 2 rings (SSSR count). The lowest BCUT2D eigenvalue weighted by Crippen LogP contribution is -2.18. The Labute approximate surface area is 126 Å². The highest BCUT2D eigenvalue weighted by Gasteiger charge is 2.20. The van der Waals surface area contributed by atoms with E-state index in [9.17, 15) is 13.2 Å². The Hall–Kier alpha value is -1.78. The SMILES string of the molecule is CCc1nnc(NC(=O)c2cc(S(=O)(=O)NC)cn2C)s1. The van der Waals surface area contributed by atoms with Crippen LogP contribution in [-0.2, 0) is 23.5 Å². The van der Waals surface area contributed by atoms with E-state index in [2.05, 4.69) is 20.2 Å². The van der Waals surface area contributed by atoms with Crippen LogP contribution in [0.3, 0.4) is 0 Å². The highest BCUT2D eigenvalue weighted by Crippen LogP contribution is 2.18. The Morgan fingerprint density at radius 2 is 2.14 bits per heavy atom. The fourth-order valence-electron chi connectivity index (χ4n) is 1.63. The standard InChI is InChI=1S/C11H15N5O3S2/c1-4-9-14-15-11(20-9)13-10(17)8-5-7(6-16(8)3)21(18,19)12-2/h5-6,12H,4H2,1-3H3,(H,13,15,17). The van der Waals surface area contributed by atoms with Gasteiger partial charge in [0.15, 0.2) is 0 Å². The molecule has 0 radical (unpaired) electrons. The lowest BCUT2D eigenvalue weighted by molar-refractivity contribution is 0.101. The molecule has 10 heteroatoms. The predicted octanol–water partition coefficient (Wildman–Crippen LogP) is 0.599. The fourth-order valence-corrected chi connectivity index (χ4v) is 3.11. The van der Waals surface area contributed by atoms with Crippen molar-refractivity contribution in [3.8, 4) is 0 Å². The Balaban J connectivity index is 2.24. The maximum Gasteiger partial charge on any atom is 0.274 e. The summed E-state index contributed by atoms with van der Waals surface area (Å²) in [6.45, 7) is 1.94. The molecule has 0 bridgehead atoms. The van der Waals surface area contributed by atoms with Crippen LogP contribution in [0.5, 0.6) is 0 Å². The third-order valence-corrected chi connectivity index (χ3v) is 5.15. The first-order chi connectivity index (χ1) is 9.87. The Bertz CT molecular complexity index is 763. The van der Waals surface area contributed by atoms with Gasteiger partial charge in [0.25, 0.3) is 5.91 Å². The number of nitrogens with zero attached hydrogens (tertiary/aromatic N) is 3. The molecule has 2 N–H and O–H groups in total. The fraction of sp³-hybridized carbons (Fsp3) is 0.364. The first kappa shape index (κ1) is 15.6. The van der Waals surface area contributed by atoms with Crippen LogP contribution in [0.2, 0.25) is 0 Å². The first-order valence-corrected chi connectivity index (χ1v) is 8.41. The van der Waals surface area contributed by atoms with Crippen molar-refractivity contribution in [2.75, 3.05) is 12.4 Å². The first-order valence-electron chi connectivity index (χ1n) is 6.11. The predicted molar refractivity (Wildman–Crippen MR) is 78.9 cm³/mol. The van der Waals surface area contributed by atoms with Gasteiger partial charge in [0, 0.05) is 13.2 Å². The molecule has 8 nitrogen and oxygen atoms in total. The molecule has 0 unspecified atom stereocenters. The summed E-state index contributed by atoms with van der Waals surface area (Å²) in [5.74, 6) is -0.436. The van der Waals surface area contributed by atoms with Crippen LogP contribution >= 0.6 is 11.3 Å². The molecular weight excluding hydrogens is 314 g/mol. The molecule has 21 heavy (non-hydrogen) atoms. The summed E-state index contributed by atoms with van der Waals surface area (Å²) in [5, 5.41) is 11.6. The molecule has 0 saturated carbocycles. The van der Waals surface area contributed by atoms with Gasteiger partial charge in [-0.15, -0.1) is 10.2 Å². The maximum atomic E-state index is 12.2. The normalized spacial score (nSPS) is 11.6. The number of nitrogens with one attached hydrogen (secondary N) is 2. The average molecular weight is 329 g/mol. The molecule has 2 heterocycles. The summed E-state index contributed by atoms with van der Waals surface area (Å²) in [6, 6.07) is 1.31. The van der Waals surface area contributed by atoms with E-state index >= 15 is 0 Å². The molecule has 2 aromatic heterocycles. The third kappa shape index (κ3) is 3.28. The van der Waals surface area contributed by atoms with Gasteiger partial charge in [-0.3, -0.25) is 10.1 Å². The van der Waals surface area contributed by atoms with Crippen LogP contribution in [0.25, 0.3) is 0 Å². The summed E-state index contributed by atoms with van der Waals surface area (Å²) in [5.41, 5.74) is 0.220. The van der Waals surface area contributed by atoms with Gasteiger partial charge in [-0.2, -0.15) is 0 Å². The molecule has 0 spiro atoms. The second-order valence-corrected chi connectivity index (χ2v) is 7.14. The quantitative estimate of drug-likeness (QED) is 0.835. The minimum absolute atomic E-state index is 0.0316. The van der Waals surface area contributed by atoms with E-state index < -0.39 is 15.9 Å². The second kappa shape index (κ2) is 5.92. The Morgan fingerprint density at radius 1 is 1.43 bits per heavy atom. The van der Waals surface area contributed by atoms with Gasteiger partial charge in [0.05, 0.1) is 0 Å². The van der Waals surface area contributed by atoms with E-state index in [4.69, 9.17) is 0 Å². The van der Waals surface area contributed by atoms with Gasteiger partial charge >= 0.3 is 0 Å². The van der Waals surface area contributed by atoms with Gasteiger partial charge in [0.2, 0.25) is 15.2 Å². The van der Waals surface area contributed by atoms with E-state index in [1.807, 2.05) is 6.92 Å². The largest absolute Gasteiger partial charge is 0.345 e. The lowest BCUT2D eigenvalue weighted by Gasteiger charge is -2.01. The van der Waals surface area contributed by atoms with Gasteiger partial charge in [-0.1, -0.05) is 18.3 Å². The van der Waals surface area contributed by atoms with Crippen molar-refractivity contribution in [3.05, 3.63) is 23.0 Å². The summed E-state index contributed by atoms with van der Waals surface area (Å²) < 4.78 is 27.1. The molecule has 0 atom stereocenters. The number of sulfonamides is 1. The van der Waals surface area contributed by atoms with Crippen molar-refractivity contribution in [3.63, 3.8) is 0 Å². The van der Waals surface area contributed by atoms with E-state index in [1.165, 1.54) is 35.2 Å². The number of rotatable bonds is 5. The van der Waals surface area contributed by atoms with Crippen molar-refractivity contribution >= 4 is 32.4 Å². The number of hydrogen-bond donors (Lipinski definition) is 2. The topological polar surface area (TPSA) is 106 Å². The molecule has 0 aliphatic carbocycles. The molecule has 1 amide bonds. The number of aromatic nitrogens is 3. The minimum Gasteiger partial charge on any atom is -0.345 e. The molecule has 114 valence electrons. The van der Waals surface area contributed by atoms with Crippen LogP contribution in [-0.4, -0.2) is 36.1 Å². The van der Waals surface area contributed by atoms with E-state index in [-0.39, 0.29) is 10.6 Å². The number of carbonyl (C=O) groups is 1. The van der Waals surface area contributed by atoms with Crippen LogP contribution < -0.4 is 10.0 Å². The van der Waals surface area contributed by atoms with Gasteiger partial charge in [-0.05, 0) is 19.5 Å². The van der Waals surface area contributed by atoms with E-state index in [0.29, 0.717) is 5.13 Å². The van der Waals surface area contributed by atoms with Crippen molar-refractivity contribution in [1.82, 2.24) is 19.5 Å². The molecule has 0 aliphatic heterocycles. The van der Waals surface area contributed by atoms with Gasteiger partial charge in [-0.25, -0.2) is 13.1 Å². The monoisotopic (exact) mass is 329 g/mol. The molecule has 2 aromatic rings. The van der Waals surface area contributed by atoms with Crippen LogP contribution in [0.1, 0.15) is 22.4 Å². The zero-order valence-electron chi connectivity index (χ0n) is 11.7. The Morgan fingerprint density at radius 3 is 2.71 bits per heavy atom. The number of aryl methyl sites for hydroxylation is 2. The maximum absolute atomic E-state index is 12.2. The molecule has 0 saturated heterocycles. The third-order valence-electron chi connectivity index (χ3n) is 2.78. The minimum atomic E-state index is -3.58. The Kier molecular flexibility index (Phi) is 4.40. The zero-order chi connectivity index (χ0) is 15.6. The molecule has 0 fully saturated rings. The zero-order valence-corrected chi connectivity index (χ0v) is 13.4. The van der Waals surface area contributed by atoms with Crippen molar-refractivity contribution in [1.29, 1.82) is 0 Å². The number of carbonyl (C=O) groups excluding carboxylic acids is 1. The smallest absolute Gasteiger partial charge is 0.274 e. The highest BCUT2D eigenvalue weighted by molar-refractivity contribution is 7.89. The van der Waals surface area contributed by atoms with Crippen molar-refractivity contribution < 1.29 is 13.2 Å². The van der Waals surface area contributed by atoms with Crippen LogP contribution in [0.4, 0.5) is 5.13 Å². The summed E-state index contributed by atoms with van der Waals surface area (Å²) in [4.78, 5) is 12.2. The average Bonchev–Trinajstić information content (AvgIpc) is 3.05. The van der Waals surface area contributed by atoms with Crippen molar-refractivity contribution in [2.45, 2.75) is 18.2 Å². The van der Waals surface area contributed by atoms with Crippen LogP contribution in [0, 0.1) is 0 Å². The van der Waals surface area contributed by atoms with Crippen molar-refractivity contribution in [2.24, 2.45) is 7.05 Å². The highest BCUT2D eigenvalue weighted by atomic mass is 32.2. The van der Waals surface area contributed by atoms with Gasteiger partial charge in [0.1, 0.15) is 15.6 Å². The summed E-state index contributed by atoms with van der Waals surface area (Å²) in [6.07, 6.45) is 2.11. The molecular formula is C11H15N5O3S2. The number of hydrogen-bond acceptors (Lipinski definition) is 6. The number of amides is 1. The lowest BCUT2D eigenvalue weighted by atomic mass is 10.4. The molecule has 0 aromatic carbocycles. The second-order valence-electron chi connectivity index (χ2n) is 4.19. The van der Waals surface area contributed by atoms with E-state index in [1.54, 1.807) is 7.05 Å². The van der Waals surface area contributed by atoms with Crippen LogP contribution in [0.15, 0.2) is 17.2 Å². The summed E-state index contributed by atoms with van der Waals surface area (Å²) in [7, 11) is -0.669. The van der Waals surface area contributed by atoms with Gasteiger partial charge < -0.3 is 4.57 Å². The van der Waals surface area contributed by atoms with E-state index in [0.717, 1.165) is 11.4 Å². The summed E-state index contributed by atoms with van der Waals surface area (Å²) >= 11 is 1.28. The molecule has 0 aliphatic rings. The number of anilines is 1.